The molecule has 2 atom stereocenters. The number of methoxy groups -OCH3 is 1. The maximum atomic E-state index is 12.6. The van der Waals surface area contributed by atoms with E-state index < -0.39 is 5.97 Å². The van der Waals surface area contributed by atoms with Crippen molar-refractivity contribution in [2.45, 2.75) is 57.4 Å². The molecule has 0 aromatic rings. The number of rotatable bonds is 6. The number of ether oxygens (including phenoxy) is 1. The Bertz CT molecular complexity index is 363. The second-order valence-corrected chi connectivity index (χ2v) is 6.25. The highest BCUT2D eigenvalue weighted by atomic mass is 16.5. The summed E-state index contributed by atoms with van der Waals surface area (Å²) in [7, 11) is 1.66. The molecular formula is C15H25NO4. The van der Waals surface area contributed by atoms with E-state index in [2.05, 4.69) is 5.32 Å². The van der Waals surface area contributed by atoms with Crippen molar-refractivity contribution in [2.75, 3.05) is 13.7 Å². The molecule has 0 heterocycles. The van der Waals surface area contributed by atoms with E-state index in [0.717, 1.165) is 38.5 Å². The number of carbonyl (C=O) groups excluding carboxylic acids is 1. The molecule has 2 aliphatic rings. The molecule has 0 saturated heterocycles. The summed E-state index contributed by atoms with van der Waals surface area (Å²) < 4.78 is 5.14. The molecule has 0 unspecified atom stereocenters. The van der Waals surface area contributed by atoms with Gasteiger partial charge in [-0.15, -0.1) is 0 Å². The fraction of sp³-hybridized carbons (Fsp3) is 0.867. The highest BCUT2D eigenvalue weighted by Crippen LogP contribution is 2.42. The van der Waals surface area contributed by atoms with Crippen molar-refractivity contribution < 1.29 is 19.4 Å². The zero-order valence-corrected chi connectivity index (χ0v) is 12.2. The molecule has 0 bridgehead atoms. The molecule has 5 nitrogen and oxygen atoms in total. The normalized spacial score (nSPS) is 28.4. The van der Waals surface area contributed by atoms with Gasteiger partial charge in [-0.05, 0) is 38.5 Å². The van der Waals surface area contributed by atoms with E-state index in [9.17, 15) is 9.59 Å². The van der Waals surface area contributed by atoms with Gasteiger partial charge < -0.3 is 15.2 Å². The fourth-order valence-electron chi connectivity index (χ4n) is 3.62. The topological polar surface area (TPSA) is 75.6 Å². The average Bonchev–Trinajstić information content (AvgIpc) is 3.05. The molecule has 5 heteroatoms. The van der Waals surface area contributed by atoms with Gasteiger partial charge in [0.25, 0.3) is 0 Å². The molecule has 114 valence electrons. The first-order valence-corrected chi connectivity index (χ1v) is 7.60. The number of nitrogens with one attached hydrogen (secondary N) is 1. The number of carbonyl (C=O) groups is 2. The van der Waals surface area contributed by atoms with Crippen molar-refractivity contribution in [3.63, 3.8) is 0 Å². The van der Waals surface area contributed by atoms with E-state index in [1.54, 1.807) is 7.11 Å². The molecule has 0 aromatic carbocycles. The van der Waals surface area contributed by atoms with Gasteiger partial charge in [0.15, 0.2) is 0 Å². The first-order valence-electron chi connectivity index (χ1n) is 7.60. The lowest BCUT2D eigenvalue weighted by Gasteiger charge is -2.29. The van der Waals surface area contributed by atoms with E-state index >= 15 is 0 Å². The molecule has 0 spiro atoms. The van der Waals surface area contributed by atoms with Gasteiger partial charge >= 0.3 is 5.97 Å². The minimum atomic E-state index is -0.739. The number of carboxylic acid groups (broad SMARTS) is 1. The van der Waals surface area contributed by atoms with E-state index in [1.807, 2.05) is 0 Å². The van der Waals surface area contributed by atoms with Crippen LogP contribution in [0.5, 0.6) is 0 Å². The van der Waals surface area contributed by atoms with Crippen molar-refractivity contribution in [3.05, 3.63) is 0 Å². The van der Waals surface area contributed by atoms with Crippen LogP contribution in [0.2, 0.25) is 0 Å². The standard InChI is InChI=1S/C15H25NO4/c1-20-9-8-15(6-2-3-7-15)14(19)16-12-5-4-11(10-12)13(17)18/h11-12H,2-10H2,1H3,(H,16,19)(H,17,18)/t11-,12+/m1/s1. The van der Waals surface area contributed by atoms with Crippen LogP contribution in [0.15, 0.2) is 0 Å². The first-order chi connectivity index (χ1) is 9.57. The van der Waals surface area contributed by atoms with Gasteiger partial charge in [-0.2, -0.15) is 0 Å². The fourth-order valence-corrected chi connectivity index (χ4v) is 3.62. The van der Waals surface area contributed by atoms with Crippen LogP contribution in [0.4, 0.5) is 0 Å². The van der Waals surface area contributed by atoms with Crippen LogP contribution in [-0.4, -0.2) is 36.7 Å². The van der Waals surface area contributed by atoms with Crippen molar-refractivity contribution in [2.24, 2.45) is 11.3 Å². The Kier molecular flexibility index (Phi) is 5.02. The molecule has 0 aliphatic heterocycles. The van der Waals surface area contributed by atoms with Gasteiger partial charge in [0.05, 0.1) is 11.3 Å². The molecule has 2 rings (SSSR count). The van der Waals surface area contributed by atoms with Crippen LogP contribution in [0, 0.1) is 11.3 Å². The van der Waals surface area contributed by atoms with Gasteiger partial charge in [-0.25, -0.2) is 0 Å². The quantitative estimate of drug-likeness (QED) is 0.781. The third-order valence-corrected chi connectivity index (χ3v) is 4.94. The molecule has 2 fully saturated rings. The predicted octanol–water partition coefficient (Wildman–Crippen LogP) is 1.95. The van der Waals surface area contributed by atoms with Crippen LogP contribution < -0.4 is 5.32 Å². The Morgan fingerprint density at radius 2 is 2.00 bits per heavy atom. The van der Waals surface area contributed by atoms with Crippen molar-refractivity contribution >= 4 is 11.9 Å². The van der Waals surface area contributed by atoms with Crippen LogP contribution in [0.25, 0.3) is 0 Å². The first kappa shape index (κ1) is 15.3. The maximum absolute atomic E-state index is 12.6. The molecule has 2 aliphatic carbocycles. The number of amides is 1. The van der Waals surface area contributed by atoms with Gasteiger partial charge in [-0.3, -0.25) is 9.59 Å². The van der Waals surface area contributed by atoms with Crippen LogP contribution >= 0.6 is 0 Å². The summed E-state index contributed by atoms with van der Waals surface area (Å²) in [5, 5.41) is 12.1. The lowest BCUT2D eigenvalue weighted by molar-refractivity contribution is -0.141. The van der Waals surface area contributed by atoms with Gasteiger partial charge in [0, 0.05) is 19.8 Å². The van der Waals surface area contributed by atoms with Gasteiger partial charge in [0.1, 0.15) is 0 Å². The molecule has 0 aromatic heterocycles. The Hall–Kier alpha value is -1.10. The van der Waals surface area contributed by atoms with E-state index in [1.165, 1.54) is 0 Å². The second-order valence-electron chi connectivity index (χ2n) is 6.25. The predicted molar refractivity (Wildman–Crippen MR) is 74.3 cm³/mol. The van der Waals surface area contributed by atoms with Crippen LogP contribution in [-0.2, 0) is 14.3 Å². The van der Waals surface area contributed by atoms with E-state index in [4.69, 9.17) is 9.84 Å². The molecule has 20 heavy (non-hydrogen) atoms. The molecular weight excluding hydrogens is 258 g/mol. The second kappa shape index (κ2) is 6.57. The largest absolute Gasteiger partial charge is 0.481 e. The highest BCUT2D eigenvalue weighted by molar-refractivity contribution is 5.83. The summed E-state index contributed by atoms with van der Waals surface area (Å²) in [5.41, 5.74) is -0.280. The Morgan fingerprint density at radius 3 is 2.55 bits per heavy atom. The number of aliphatic carboxylic acids is 1. The van der Waals surface area contributed by atoms with Gasteiger partial charge in [-0.1, -0.05) is 12.8 Å². The lowest BCUT2D eigenvalue weighted by atomic mass is 9.81. The monoisotopic (exact) mass is 283 g/mol. The summed E-state index contributed by atoms with van der Waals surface area (Å²) in [6.45, 7) is 0.607. The average molecular weight is 283 g/mol. The number of carboxylic acids is 1. The molecule has 1 amide bonds. The Morgan fingerprint density at radius 1 is 1.30 bits per heavy atom. The highest BCUT2D eigenvalue weighted by Gasteiger charge is 2.42. The molecule has 2 N–H and O–H groups in total. The zero-order valence-electron chi connectivity index (χ0n) is 12.2. The third kappa shape index (κ3) is 3.32. The van der Waals surface area contributed by atoms with Crippen molar-refractivity contribution in [3.8, 4) is 0 Å². The smallest absolute Gasteiger partial charge is 0.306 e. The van der Waals surface area contributed by atoms with Crippen molar-refractivity contribution in [1.29, 1.82) is 0 Å². The lowest BCUT2D eigenvalue weighted by Crippen LogP contribution is -2.44. The summed E-state index contributed by atoms with van der Waals surface area (Å²) in [6.07, 6.45) is 6.84. The Labute approximate surface area is 120 Å². The van der Waals surface area contributed by atoms with Crippen LogP contribution in [0.1, 0.15) is 51.4 Å². The Balaban J connectivity index is 1.91. The molecule has 0 radical (unpaired) electrons. The number of hydrogen-bond acceptors (Lipinski definition) is 3. The SMILES string of the molecule is COCCC1(C(=O)N[C@H]2CC[C@@H](C(=O)O)C2)CCCC1. The van der Waals surface area contributed by atoms with E-state index in [-0.39, 0.29) is 23.3 Å². The maximum Gasteiger partial charge on any atom is 0.306 e. The van der Waals surface area contributed by atoms with Gasteiger partial charge in [0.2, 0.25) is 5.91 Å². The minimum absolute atomic E-state index is 0.0311. The van der Waals surface area contributed by atoms with Crippen LogP contribution in [0.3, 0.4) is 0 Å². The molecule has 2 saturated carbocycles. The number of hydrogen-bond donors (Lipinski definition) is 2. The minimum Gasteiger partial charge on any atom is -0.481 e. The summed E-state index contributed by atoms with van der Waals surface area (Å²) in [6, 6.07) is 0.0311. The summed E-state index contributed by atoms with van der Waals surface area (Å²) in [5.74, 6) is -0.918. The summed E-state index contributed by atoms with van der Waals surface area (Å²) in [4.78, 5) is 23.6. The summed E-state index contributed by atoms with van der Waals surface area (Å²) >= 11 is 0. The third-order valence-electron chi connectivity index (χ3n) is 4.94. The zero-order chi connectivity index (χ0) is 14.6. The van der Waals surface area contributed by atoms with E-state index in [0.29, 0.717) is 19.4 Å². The van der Waals surface area contributed by atoms with Crippen molar-refractivity contribution in [1.82, 2.24) is 5.32 Å².